The van der Waals surface area contributed by atoms with Crippen molar-refractivity contribution in [1.82, 2.24) is 24.0 Å². The number of piperazine rings is 1. The Hall–Kier alpha value is -4.71. The van der Waals surface area contributed by atoms with Crippen molar-refractivity contribution in [3.05, 3.63) is 174 Å². The van der Waals surface area contributed by atoms with Crippen LogP contribution in [0.25, 0.3) is 0 Å². The van der Waals surface area contributed by atoms with Crippen LogP contribution in [0.1, 0.15) is 28.9 Å². The molecule has 1 unspecified atom stereocenters. The van der Waals surface area contributed by atoms with E-state index in [0.717, 1.165) is 60.5 Å². The molecule has 0 bridgehead atoms. The monoisotopic (exact) mass is 989 g/mol. The van der Waals surface area contributed by atoms with Gasteiger partial charge in [-0.15, -0.1) is 21.9 Å². The lowest BCUT2D eigenvalue weighted by atomic mass is 10.1. The number of anilines is 1. The Labute approximate surface area is 399 Å². The Balaban J connectivity index is 0.000000210. The predicted octanol–water partition coefficient (Wildman–Crippen LogP) is 10.4. The number of thioether (sulfide) groups is 1. The van der Waals surface area contributed by atoms with Gasteiger partial charge < -0.3 is 38.4 Å². The maximum atomic E-state index is 11.6. The van der Waals surface area contributed by atoms with E-state index >= 15 is 0 Å². The molecule has 2 saturated heterocycles. The highest BCUT2D eigenvalue weighted by atomic mass is 35.5. The summed E-state index contributed by atoms with van der Waals surface area (Å²) in [6, 6.07) is 26.9. The second-order valence-corrected chi connectivity index (χ2v) is 17.9. The van der Waals surface area contributed by atoms with Crippen molar-refractivity contribution in [2.75, 3.05) is 44.3 Å². The third-order valence-electron chi connectivity index (χ3n) is 10.1. The summed E-state index contributed by atoms with van der Waals surface area (Å²) in [4.78, 5) is 32.3. The highest BCUT2D eigenvalue weighted by Crippen LogP contribution is 2.41. The van der Waals surface area contributed by atoms with E-state index in [4.69, 9.17) is 87.5 Å². The zero-order valence-corrected chi connectivity index (χ0v) is 39.0. The Morgan fingerprint density at radius 3 is 2.08 bits per heavy atom. The van der Waals surface area contributed by atoms with E-state index < -0.39 is 10.9 Å². The fraction of sp³-hybridized carbons (Fsp3) is 0.295. The van der Waals surface area contributed by atoms with Gasteiger partial charge >= 0.3 is 0 Å². The molecule has 338 valence electrons. The van der Waals surface area contributed by atoms with E-state index in [1.165, 1.54) is 5.56 Å². The van der Waals surface area contributed by atoms with E-state index in [-0.39, 0.29) is 17.3 Å². The molecule has 0 saturated carbocycles. The number of halogens is 5. The lowest BCUT2D eigenvalue weighted by Gasteiger charge is -2.35. The highest BCUT2D eigenvalue weighted by molar-refractivity contribution is 7.98. The molecule has 0 spiro atoms. The lowest BCUT2D eigenvalue weighted by molar-refractivity contribution is -0.742. The number of aromatic nitrogens is 4. The molecule has 2 aliphatic rings. The SMILES string of the molecule is CC(=O)N1CCN(c2ccc(OC[C@H]3CO[C@](Cn4ccnc4)(c4ccc(Cl)cc4Cl)O3)cc2)CC1.Clc1ccc(CSC(Cn2ccnc2)c2ccc(Cl)cc2Cl)cc1.O=[N+]([O-])O. The summed E-state index contributed by atoms with van der Waals surface area (Å²) in [6.45, 7) is 6.59. The molecule has 64 heavy (non-hydrogen) atoms. The number of carbonyl (C=O) groups is 1. The average molecular weight is 992 g/mol. The van der Waals surface area contributed by atoms with Crippen LogP contribution in [-0.2, 0) is 38.9 Å². The molecular formula is C44H44Cl5N7O7S. The molecule has 4 aromatic carbocycles. The zero-order valence-electron chi connectivity index (χ0n) is 34.4. The van der Waals surface area contributed by atoms with E-state index in [2.05, 4.69) is 19.4 Å². The van der Waals surface area contributed by atoms with Crippen LogP contribution in [0.4, 0.5) is 5.69 Å². The summed E-state index contributed by atoms with van der Waals surface area (Å²) in [5.74, 6) is 0.669. The molecule has 1 amide bonds. The minimum Gasteiger partial charge on any atom is -0.491 e. The number of hydrogen-bond acceptors (Lipinski definition) is 10. The van der Waals surface area contributed by atoms with Crippen molar-refractivity contribution in [3.8, 4) is 5.75 Å². The number of imidazole rings is 2. The molecule has 6 aromatic rings. The summed E-state index contributed by atoms with van der Waals surface area (Å²) in [5, 5.41) is 16.9. The van der Waals surface area contributed by atoms with Gasteiger partial charge in [0.1, 0.15) is 18.5 Å². The second-order valence-electron chi connectivity index (χ2n) is 14.6. The number of amides is 1. The van der Waals surface area contributed by atoms with Crippen LogP contribution < -0.4 is 9.64 Å². The number of ether oxygens (including phenoxy) is 3. The molecule has 8 rings (SSSR count). The smallest absolute Gasteiger partial charge is 0.291 e. The molecule has 20 heteroatoms. The number of hydrogen-bond donors (Lipinski definition) is 1. The van der Waals surface area contributed by atoms with Crippen molar-refractivity contribution in [1.29, 1.82) is 0 Å². The van der Waals surface area contributed by atoms with Crippen molar-refractivity contribution in [2.24, 2.45) is 0 Å². The van der Waals surface area contributed by atoms with Gasteiger partial charge in [-0.25, -0.2) is 9.97 Å². The van der Waals surface area contributed by atoms with Gasteiger partial charge in [-0.1, -0.05) is 82.3 Å². The fourth-order valence-corrected chi connectivity index (χ4v) is 9.50. The minimum atomic E-state index is -1.50. The van der Waals surface area contributed by atoms with Gasteiger partial charge in [-0.3, -0.25) is 4.79 Å². The van der Waals surface area contributed by atoms with Gasteiger partial charge in [0.05, 0.1) is 30.8 Å². The molecule has 4 heterocycles. The van der Waals surface area contributed by atoms with E-state index in [1.807, 2.05) is 107 Å². The minimum absolute atomic E-state index is 0.129. The number of carbonyl (C=O) groups excluding carboxylic acids is 1. The molecule has 2 aromatic heterocycles. The predicted molar refractivity (Wildman–Crippen MR) is 251 cm³/mol. The van der Waals surface area contributed by atoms with Crippen LogP contribution in [0.15, 0.2) is 122 Å². The average Bonchev–Trinajstić information content (AvgIpc) is 4.07. The Bertz CT molecular complexity index is 2410. The fourth-order valence-electron chi connectivity index (χ4n) is 6.96. The summed E-state index contributed by atoms with van der Waals surface area (Å²) in [5.41, 5.74) is 4.13. The number of nitrogens with zero attached hydrogens (tertiary/aromatic N) is 7. The number of rotatable bonds is 13. The number of benzene rings is 4. The van der Waals surface area contributed by atoms with Gasteiger partial charge in [-0.2, -0.15) is 0 Å². The highest BCUT2D eigenvalue weighted by Gasteiger charge is 2.45. The maximum Gasteiger partial charge on any atom is 0.291 e. The molecular weight excluding hydrogens is 948 g/mol. The topological polar surface area (TPSA) is 150 Å². The second kappa shape index (κ2) is 23.5. The molecule has 14 nitrogen and oxygen atoms in total. The first-order chi connectivity index (χ1) is 30.8. The molecule has 2 aliphatic heterocycles. The van der Waals surface area contributed by atoms with Gasteiger partial charge in [0.2, 0.25) is 11.7 Å². The first kappa shape index (κ1) is 48.7. The molecule has 2 fully saturated rings. The van der Waals surface area contributed by atoms with E-state index in [9.17, 15) is 4.79 Å². The van der Waals surface area contributed by atoms with Gasteiger partial charge in [-0.05, 0) is 71.8 Å². The van der Waals surface area contributed by atoms with Crippen LogP contribution >= 0.6 is 69.8 Å². The largest absolute Gasteiger partial charge is 0.491 e. The normalized spacial score (nSPS) is 17.4. The standard InChI is InChI=1S/C26H28Cl2N4O4.C18H15Cl3N2S.HNO3/c1-19(33)31-10-12-32(13-11-31)21-3-5-22(6-4-21)34-15-23-16-35-26(36-23,17-30-9-8-29-18-30)24-7-2-20(27)14-25(24)28;19-14-3-1-13(2-4-14)11-24-18(10-23-8-7-22-12-23)16-6-5-15(20)9-17(16)21;2-1(3)4/h2-9,14,18,23H,10-13,15-17H2,1H3;1-9,12,18H,10-11H2;(H,2,3,4)/t23-,26-;;/m0../s1. The van der Waals surface area contributed by atoms with Crippen molar-refractivity contribution in [3.63, 3.8) is 0 Å². The van der Waals surface area contributed by atoms with Gasteiger partial charge in [0.25, 0.3) is 5.09 Å². The van der Waals surface area contributed by atoms with Crippen molar-refractivity contribution >= 4 is 81.4 Å². The summed E-state index contributed by atoms with van der Waals surface area (Å²) < 4.78 is 22.7. The zero-order chi connectivity index (χ0) is 45.6. The summed E-state index contributed by atoms with van der Waals surface area (Å²) >= 11 is 32.9. The quantitative estimate of drug-likeness (QED) is 0.0870. The summed E-state index contributed by atoms with van der Waals surface area (Å²) in [6.07, 6.45) is 10.5. The Morgan fingerprint density at radius 2 is 1.48 bits per heavy atom. The third-order valence-corrected chi connectivity index (χ3v) is 12.8. The first-order valence-electron chi connectivity index (χ1n) is 19.8. The van der Waals surface area contributed by atoms with Crippen LogP contribution in [0.2, 0.25) is 25.1 Å². The van der Waals surface area contributed by atoms with Crippen molar-refractivity contribution in [2.45, 2.75) is 42.9 Å². The van der Waals surface area contributed by atoms with Gasteiger partial charge in [0, 0.05) is 107 Å². The molecule has 1 N–H and O–H groups in total. The van der Waals surface area contributed by atoms with Gasteiger partial charge in [0.15, 0.2) is 0 Å². The maximum absolute atomic E-state index is 11.6. The Morgan fingerprint density at radius 1 is 0.875 bits per heavy atom. The van der Waals surface area contributed by atoms with Crippen LogP contribution in [0.3, 0.4) is 0 Å². The third kappa shape index (κ3) is 14.1. The summed E-state index contributed by atoms with van der Waals surface area (Å²) in [7, 11) is 0. The lowest BCUT2D eigenvalue weighted by Crippen LogP contribution is -2.48. The van der Waals surface area contributed by atoms with E-state index in [1.54, 1.807) is 43.8 Å². The van der Waals surface area contributed by atoms with Crippen LogP contribution in [-0.4, -0.2) is 85.7 Å². The molecule has 3 atom stereocenters. The molecule has 0 radical (unpaired) electrons. The van der Waals surface area contributed by atoms with Crippen molar-refractivity contribution < 1.29 is 29.3 Å². The van der Waals surface area contributed by atoms with E-state index in [0.29, 0.717) is 45.4 Å². The van der Waals surface area contributed by atoms with Crippen LogP contribution in [0, 0.1) is 10.1 Å². The first-order valence-corrected chi connectivity index (χ1v) is 22.8. The Kier molecular flexibility index (Phi) is 17.9. The van der Waals surface area contributed by atoms with Crippen LogP contribution in [0.5, 0.6) is 5.75 Å². The molecule has 0 aliphatic carbocycles.